The van der Waals surface area contributed by atoms with Crippen LogP contribution in [-0.2, 0) is 0 Å². The maximum atomic E-state index is 15.5. The van der Waals surface area contributed by atoms with Crippen LogP contribution in [0.1, 0.15) is 46.1 Å². The molecule has 3 heterocycles. The van der Waals surface area contributed by atoms with Crippen LogP contribution in [0.15, 0.2) is 15.7 Å². The number of ether oxygens (including phenoxy) is 1. The second-order valence-corrected chi connectivity index (χ2v) is 10.2. The molecule has 5 rings (SSSR count). The third kappa shape index (κ3) is 3.33. The summed E-state index contributed by atoms with van der Waals surface area (Å²) in [6.45, 7) is 7.87. The molecule has 32 heavy (non-hydrogen) atoms. The van der Waals surface area contributed by atoms with Gasteiger partial charge in [0.05, 0.1) is 18.0 Å². The van der Waals surface area contributed by atoms with Gasteiger partial charge in [-0.2, -0.15) is 0 Å². The number of methoxy groups -OCH3 is 1. The number of benzene rings is 1. The van der Waals surface area contributed by atoms with Gasteiger partial charge < -0.3 is 19.5 Å². The minimum absolute atomic E-state index is 0.110. The molecule has 172 valence electrons. The number of hydrogen-bond acceptors (Lipinski definition) is 6. The Bertz CT molecular complexity index is 1310. The van der Waals surface area contributed by atoms with Gasteiger partial charge >= 0.3 is 0 Å². The number of aromatic nitrogens is 2. The standard InChI is InChI=1S/C23H29FN4O3S/c1-11(2)25-12(3)13-7-8-27(10-13)19-16(24)9-15-18(21(19)31-4)28(14-5-6-14)23-17(20(15)29)22(30)26-32-23/h9,11-14,25H,5-8,10H2,1-4H3,(H,26,30)/t12-,13?/m1/s1. The number of hydrogen-bond donors (Lipinski definition) is 2. The molecule has 2 aliphatic rings. The molecule has 2 N–H and O–H groups in total. The molecule has 0 spiro atoms. The maximum Gasteiger partial charge on any atom is 0.271 e. The minimum Gasteiger partial charge on any atom is -0.492 e. The van der Waals surface area contributed by atoms with Gasteiger partial charge in [-0.1, -0.05) is 13.8 Å². The van der Waals surface area contributed by atoms with Gasteiger partial charge in [0.2, 0.25) is 5.43 Å². The summed E-state index contributed by atoms with van der Waals surface area (Å²) < 4.78 is 26.0. The summed E-state index contributed by atoms with van der Waals surface area (Å²) in [6, 6.07) is 2.18. The molecule has 2 aromatic heterocycles. The fourth-order valence-corrected chi connectivity index (χ4v) is 6.07. The number of fused-ring (bicyclic) bond motifs is 2. The monoisotopic (exact) mass is 460 g/mol. The first-order chi connectivity index (χ1) is 15.3. The zero-order valence-corrected chi connectivity index (χ0v) is 19.6. The third-order valence-electron chi connectivity index (χ3n) is 6.76. The van der Waals surface area contributed by atoms with Crippen molar-refractivity contribution in [1.82, 2.24) is 14.3 Å². The van der Waals surface area contributed by atoms with E-state index in [1.807, 2.05) is 9.47 Å². The summed E-state index contributed by atoms with van der Waals surface area (Å²) in [5, 5.41) is 3.88. The Labute approximate surface area is 189 Å². The minimum atomic E-state index is -0.482. The molecule has 1 aromatic carbocycles. The highest BCUT2D eigenvalue weighted by Gasteiger charge is 2.35. The van der Waals surface area contributed by atoms with E-state index in [2.05, 4.69) is 30.5 Å². The molecule has 0 amide bonds. The molecule has 2 atom stereocenters. The first kappa shape index (κ1) is 21.5. The van der Waals surface area contributed by atoms with E-state index >= 15 is 4.39 Å². The SMILES string of the molecule is COc1c(N2CCC([C@@H](C)NC(C)C)C2)c(F)cc2c(=O)c3c(=O)[nH]sc3n(C3CC3)c12. The van der Waals surface area contributed by atoms with E-state index < -0.39 is 16.8 Å². The van der Waals surface area contributed by atoms with Gasteiger partial charge in [0, 0.05) is 31.2 Å². The molecule has 1 aliphatic heterocycles. The lowest BCUT2D eigenvalue weighted by atomic mass is 10.00. The van der Waals surface area contributed by atoms with Crippen LogP contribution < -0.4 is 25.9 Å². The third-order valence-corrected chi connectivity index (χ3v) is 7.64. The summed E-state index contributed by atoms with van der Waals surface area (Å²) in [5.74, 6) is 0.294. The number of nitrogens with one attached hydrogen (secondary N) is 2. The Balaban J connectivity index is 1.70. The zero-order valence-electron chi connectivity index (χ0n) is 18.8. The van der Waals surface area contributed by atoms with Gasteiger partial charge in [0.15, 0.2) is 11.6 Å². The van der Waals surface area contributed by atoms with E-state index in [0.29, 0.717) is 46.3 Å². The van der Waals surface area contributed by atoms with Crippen molar-refractivity contribution in [3.05, 3.63) is 32.5 Å². The van der Waals surface area contributed by atoms with Gasteiger partial charge in [-0.15, -0.1) is 0 Å². The highest BCUT2D eigenvalue weighted by molar-refractivity contribution is 7.12. The van der Waals surface area contributed by atoms with E-state index in [4.69, 9.17) is 4.74 Å². The van der Waals surface area contributed by atoms with Crippen LogP contribution >= 0.6 is 11.5 Å². The number of aromatic amines is 1. The summed E-state index contributed by atoms with van der Waals surface area (Å²) >= 11 is 1.16. The molecule has 9 heteroatoms. The van der Waals surface area contributed by atoms with Crippen LogP contribution in [0.25, 0.3) is 21.1 Å². The average molecular weight is 461 g/mol. The normalized spacial score (nSPS) is 20.1. The summed E-state index contributed by atoms with van der Waals surface area (Å²) in [6.07, 6.45) is 2.87. The average Bonchev–Trinajstić information content (AvgIpc) is 3.32. The van der Waals surface area contributed by atoms with Crippen molar-refractivity contribution >= 4 is 38.3 Å². The lowest BCUT2D eigenvalue weighted by Crippen LogP contribution is -2.39. The van der Waals surface area contributed by atoms with Gasteiger partial charge in [-0.05, 0) is 49.7 Å². The molecule has 1 saturated carbocycles. The number of halogens is 1. The van der Waals surface area contributed by atoms with Crippen molar-refractivity contribution < 1.29 is 9.13 Å². The molecule has 0 bridgehead atoms. The van der Waals surface area contributed by atoms with E-state index in [1.165, 1.54) is 13.2 Å². The molecule has 3 aromatic rings. The highest BCUT2D eigenvalue weighted by Crippen LogP contribution is 2.46. The maximum absolute atomic E-state index is 15.5. The Morgan fingerprint density at radius 1 is 1.25 bits per heavy atom. The largest absolute Gasteiger partial charge is 0.492 e. The summed E-state index contributed by atoms with van der Waals surface area (Å²) in [5.41, 5.74) is 0.155. The van der Waals surface area contributed by atoms with E-state index in [1.54, 1.807) is 0 Å². The van der Waals surface area contributed by atoms with Crippen molar-refractivity contribution in [2.24, 2.45) is 5.92 Å². The molecule has 1 saturated heterocycles. The molecule has 0 radical (unpaired) electrons. The van der Waals surface area contributed by atoms with Crippen molar-refractivity contribution in [3.8, 4) is 5.75 Å². The molecular formula is C23H29FN4O3S. The van der Waals surface area contributed by atoms with Crippen molar-refractivity contribution in [3.63, 3.8) is 0 Å². The Morgan fingerprint density at radius 2 is 2.00 bits per heavy atom. The first-order valence-corrected chi connectivity index (χ1v) is 12.1. The van der Waals surface area contributed by atoms with Crippen LogP contribution in [0.4, 0.5) is 10.1 Å². The molecular weight excluding hydrogens is 431 g/mol. The Hall–Kier alpha value is -2.39. The van der Waals surface area contributed by atoms with Gasteiger partial charge in [0.25, 0.3) is 5.56 Å². The van der Waals surface area contributed by atoms with Crippen molar-refractivity contribution in [2.45, 2.75) is 58.2 Å². The molecule has 1 aliphatic carbocycles. The Kier molecular flexibility index (Phi) is 5.28. The quantitative estimate of drug-likeness (QED) is 0.588. The number of anilines is 1. The van der Waals surface area contributed by atoms with Crippen molar-refractivity contribution in [2.75, 3.05) is 25.1 Å². The van der Waals surface area contributed by atoms with Crippen molar-refractivity contribution in [1.29, 1.82) is 0 Å². The van der Waals surface area contributed by atoms with E-state index in [9.17, 15) is 9.59 Å². The zero-order chi connectivity index (χ0) is 22.7. The van der Waals surface area contributed by atoms with Crippen LogP contribution in [0, 0.1) is 11.7 Å². The number of rotatable bonds is 6. The Morgan fingerprint density at radius 3 is 2.66 bits per heavy atom. The van der Waals surface area contributed by atoms with Crippen LogP contribution in [0.5, 0.6) is 5.75 Å². The highest BCUT2D eigenvalue weighted by atomic mass is 32.1. The first-order valence-electron chi connectivity index (χ1n) is 11.3. The topological polar surface area (TPSA) is 79.4 Å². The number of pyridine rings is 1. The van der Waals surface area contributed by atoms with Crippen LogP contribution in [0.3, 0.4) is 0 Å². The second-order valence-electron chi connectivity index (χ2n) is 9.38. The summed E-state index contributed by atoms with van der Waals surface area (Å²) in [4.78, 5) is 28.2. The lowest BCUT2D eigenvalue weighted by Gasteiger charge is -2.26. The van der Waals surface area contributed by atoms with E-state index in [-0.39, 0.29) is 16.8 Å². The fraction of sp³-hybridized carbons (Fsp3) is 0.565. The molecule has 2 fully saturated rings. The van der Waals surface area contributed by atoms with Gasteiger partial charge in [-0.25, -0.2) is 4.39 Å². The van der Waals surface area contributed by atoms with Gasteiger partial charge in [-0.3, -0.25) is 14.0 Å². The number of nitrogens with zero attached hydrogens (tertiary/aromatic N) is 2. The predicted octanol–water partition coefficient (Wildman–Crippen LogP) is 3.60. The summed E-state index contributed by atoms with van der Waals surface area (Å²) in [7, 11) is 1.53. The molecule has 7 nitrogen and oxygen atoms in total. The van der Waals surface area contributed by atoms with Gasteiger partial charge in [0.1, 0.15) is 15.9 Å². The van der Waals surface area contributed by atoms with Crippen LogP contribution in [0.2, 0.25) is 0 Å². The smallest absolute Gasteiger partial charge is 0.271 e. The number of H-pyrrole nitrogens is 1. The molecule has 1 unspecified atom stereocenters. The fourth-order valence-electron chi connectivity index (χ4n) is 5.15. The second kappa shape index (κ2) is 7.88. The predicted molar refractivity (Wildman–Crippen MR) is 127 cm³/mol. The van der Waals surface area contributed by atoms with Crippen LogP contribution in [-0.4, -0.2) is 41.2 Å². The lowest BCUT2D eigenvalue weighted by molar-refractivity contribution is 0.374. The van der Waals surface area contributed by atoms with E-state index in [0.717, 1.165) is 37.3 Å².